The lowest BCUT2D eigenvalue weighted by molar-refractivity contribution is -0.140. The summed E-state index contributed by atoms with van der Waals surface area (Å²) in [5.74, 6) is -1.43. The van der Waals surface area contributed by atoms with Crippen molar-refractivity contribution in [2.75, 3.05) is 24.5 Å². The minimum atomic E-state index is -4.30. The summed E-state index contributed by atoms with van der Waals surface area (Å²) in [4.78, 5) is 29.2. The Kier molecular flexibility index (Phi) is 10.7. The Labute approximate surface area is 258 Å². The number of amides is 2. The van der Waals surface area contributed by atoms with Crippen LogP contribution in [0.5, 0.6) is 5.75 Å². The van der Waals surface area contributed by atoms with Gasteiger partial charge in [0.05, 0.1) is 17.7 Å². The third kappa shape index (κ3) is 7.62. The van der Waals surface area contributed by atoms with E-state index in [1.165, 1.54) is 42.3 Å². The molecule has 0 fully saturated rings. The largest absolute Gasteiger partial charge is 0.495 e. The molecule has 0 heterocycles. The molecule has 230 valence electrons. The number of ether oxygens (including phenoxy) is 1. The predicted molar refractivity (Wildman–Crippen MR) is 168 cm³/mol. The van der Waals surface area contributed by atoms with E-state index < -0.39 is 40.2 Å². The second kappa shape index (κ2) is 14.7. The number of nitrogens with zero attached hydrogens (tertiary/aromatic N) is 2. The molecular formula is C34H36FN3O5S. The summed E-state index contributed by atoms with van der Waals surface area (Å²) < 4.78 is 49.8. The van der Waals surface area contributed by atoms with E-state index in [9.17, 15) is 22.4 Å². The van der Waals surface area contributed by atoms with Crippen LogP contribution in [0.15, 0.2) is 108 Å². The number of likely N-dealkylation sites (N-methyl/N-ethyl adjacent to an activating group) is 1. The Morgan fingerprint density at radius 1 is 0.909 bits per heavy atom. The molecule has 0 unspecified atom stereocenters. The number of aryl methyl sites for hydroxylation is 1. The van der Waals surface area contributed by atoms with Crippen molar-refractivity contribution in [1.82, 2.24) is 10.2 Å². The minimum absolute atomic E-state index is 0.0263. The molecule has 0 saturated carbocycles. The molecule has 1 N–H and O–H groups in total. The van der Waals surface area contributed by atoms with Crippen LogP contribution >= 0.6 is 0 Å². The van der Waals surface area contributed by atoms with Crippen molar-refractivity contribution >= 4 is 27.5 Å². The Morgan fingerprint density at radius 3 is 2.18 bits per heavy atom. The molecule has 0 spiro atoms. The zero-order chi connectivity index (χ0) is 31.7. The van der Waals surface area contributed by atoms with Gasteiger partial charge in [0.25, 0.3) is 10.0 Å². The fraction of sp³-hybridized carbons (Fsp3) is 0.235. The lowest BCUT2D eigenvalue weighted by Gasteiger charge is -2.34. The highest BCUT2D eigenvalue weighted by molar-refractivity contribution is 7.92. The molecular weight excluding hydrogens is 581 g/mol. The maximum atomic E-state index is 15.0. The van der Waals surface area contributed by atoms with Crippen LogP contribution in [-0.4, -0.2) is 51.4 Å². The van der Waals surface area contributed by atoms with Gasteiger partial charge < -0.3 is 15.0 Å². The number of sulfonamides is 1. The smallest absolute Gasteiger partial charge is 0.264 e. The number of carbonyl (C=O) groups is 2. The highest BCUT2D eigenvalue weighted by atomic mass is 32.2. The summed E-state index contributed by atoms with van der Waals surface area (Å²) in [6.45, 7) is 2.94. The number of halogens is 1. The van der Waals surface area contributed by atoms with Crippen molar-refractivity contribution < 1.29 is 27.1 Å². The first-order chi connectivity index (χ1) is 21.1. The molecule has 10 heteroatoms. The summed E-state index contributed by atoms with van der Waals surface area (Å²) in [6, 6.07) is 26.9. The number of nitrogens with one attached hydrogen (secondary N) is 1. The van der Waals surface area contributed by atoms with Gasteiger partial charge in [0.2, 0.25) is 11.8 Å². The Morgan fingerprint density at radius 2 is 1.55 bits per heavy atom. The van der Waals surface area contributed by atoms with Crippen LogP contribution in [0.4, 0.5) is 10.1 Å². The van der Waals surface area contributed by atoms with Crippen LogP contribution in [0, 0.1) is 12.7 Å². The Hall–Kier alpha value is -4.70. The van der Waals surface area contributed by atoms with Gasteiger partial charge in [0.15, 0.2) is 0 Å². The maximum absolute atomic E-state index is 15.0. The molecule has 0 saturated heterocycles. The number of carbonyl (C=O) groups excluding carboxylic acids is 2. The van der Waals surface area contributed by atoms with E-state index in [1.807, 2.05) is 30.3 Å². The molecule has 0 aliphatic heterocycles. The van der Waals surface area contributed by atoms with Gasteiger partial charge in [-0.1, -0.05) is 72.8 Å². The minimum Gasteiger partial charge on any atom is -0.495 e. The molecule has 0 radical (unpaired) electrons. The van der Waals surface area contributed by atoms with E-state index in [2.05, 4.69) is 5.32 Å². The summed E-state index contributed by atoms with van der Waals surface area (Å²) in [7, 11) is -2.88. The van der Waals surface area contributed by atoms with Gasteiger partial charge in [-0.15, -0.1) is 0 Å². The van der Waals surface area contributed by atoms with Gasteiger partial charge in [0, 0.05) is 25.1 Å². The van der Waals surface area contributed by atoms with Crippen molar-refractivity contribution in [3.63, 3.8) is 0 Å². The Bertz CT molecular complexity index is 1680. The maximum Gasteiger partial charge on any atom is 0.264 e. The summed E-state index contributed by atoms with van der Waals surface area (Å²) in [6.07, 6.45) is 0.131. The molecule has 1 atom stereocenters. The van der Waals surface area contributed by atoms with Gasteiger partial charge >= 0.3 is 0 Å². The summed E-state index contributed by atoms with van der Waals surface area (Å²) in [5.41, 5.74) is 1.88. The average molecular weight is 618 g/mol. The normalized spacial score (nSPS) is 11.8. The summed E-state index contributed by atoms with van der Waals surface area (Å²) in [5, 5.41) is 2.79. The van der Waals surface area contributed by atoms with Crippen molar-refractivity contribution in [3.05, 3.63) is 126 Å². The van der Waals surface area contributed by atoms with Crippen molar-refractivity contribution in [2.24, 2.45) is 0 Å². The van der Waals surface area contributed by atoms with Crippen LogP contribution in [0.1, 0.15) is 23.6 Å². The molecule has 0 bridgehead atoms. The monoisotopic (exact) mass is 617 g/mol. The van der Waals surface area contributed by atoms with E-state index in [4.69, 9.17) is 4.74 Å². The van der Waals surface area contributed by atoms with Gasteiger partial charge in [-0.3, -0.25) is 13.9 Å². The van der Waals surface area contributed by atoms with Crippen LogP contribution in [0.2, 0.25) is 0 Å². The van der Waals surface area contributed by atoms with Crippen LogP contribution in [-0.2, 0) is 32.6 Å². The molecule has 4 aromatic carbocycles. The molecule has 4 aromatic rings. The number of methoxy groups -OCH3 is 1. The van der Waals surface area contributed by atoms with Crippen molar-refractivity contribution in [2.45, 2.75) is 37.8 Å². The lowest BCUT2D eigenvalue weighted by Crippen LogP contribution is -2.53. The van der Waals surface area contributed by atoms with Gasteiger partial charge in [-0.25, -0.2) is 12.8 Å². The van der Waals surface area contributed by atoms with Crippen LogP contribution in [0.3, 0.4) is 0 Å². The molecule has 2 amide bonds. The number of hydrogen-bond acceptors (Lipinski definition) is 5. The SMILES string of the molecule is CCNC(=O)[C@@H](Cc1ccccc1)N(Cc1ccccc1F)C(=O)CN(c1cc(C)ccc1OC)S(=O)(=O)c1ccccc1. The van der Waals surface area contributed by atoms with Crippen molar-refractivity contribution in [1.29, 1.82) is 0 Å². The highest BCUT2D eigenvalue weighted by Gasteiger charge is 2.35. The van der Waals surface area contributed by atoms with Gasteiger partial charge in [0.1, 0.15) is 24.2 Å². The fourth-order valence-electron chi connectivity index (χ4n) is 4.88. The second-order valence-corrected chi connectivity index (χ2v) is 12.1. The highest BCUT2D eigenvalue weighted by Crippen LogP contribution is 2.34. The van der Waals surface area contributed by atoms with E-state index in [1.54, 1.807) is 56.3 Å². The van der Waals surface area contributed by atoms with Crippen LogP contribution in [0.25, 0.3) is 0 Å². The number of rotatable bonds is 13. The predicted octanol–water partition coefficient (Wildman–Crippen LogP) is 5.11. The van der Waals surface area contributed by atoms with Gasteiger partial charge in [-0.05, 0) is 55.3 Å². The standard InChI is InChI=1S/C34H36FN3O5S/c1-4-36-34(40)31(22-26-13-7-5-8-14-26)37(23-27-15-11-12-18-29(27)35)33(39)24-38(30-21-25(2)19-20-32(30)43-3)44(41,42)28-16-9-6-10-17-28/h5-21,31H,4,22-24H2,1-3H3,(H,36,40)/t31-/m1/s1. The first-order valence-corrected chi connectivity index (χ1v) is 15.7. The van der Waals surface area contributed by atoms with Gasteiger partial charge in [-0.2, -0.15) is 0 Å². The molecule has 8 nitrogen and oxygen atoms in total. The average Bonchev–Trinajstić information content (AvgIpc) is 3.03. The lowest BCUT2D eigenvalue weighted by atomic mass is 10.0. The molecule has 0 aliphatic carbocycles. The molecule has 4 rings (SSSR count). The zero-order valence-electron chi connectivity index (χ0n) is 24.9. The quantitative estimate of drug-likeness (QED) is 0.225. The molecule has 0 aromatic heterocycles. The number of hydrogen-bond donors (Lipinski definition) is 1. The first-order valence-electron chi connectivity index (χ1n) is 14.2. The molecule has 44 heavy (non-hydrogen) atoms. The summed E-state index contributed by atoms with van der Waals surface area (Å²) >= 11 is 0. The Balaban J connectivity index is 1.85. The third-order valence-electron chi connectivity index (χ3n) is 7.13. The third-order valence-corrected chi connectivity index (χ3v) is 8.91. The van der Waals surface area contributed by atoms with E-state index >= 15 is 0 Å². The second-order valence-electron chi connectivity index (χ2n) is 10.2. The van der Waals surface area contributed by atoms with E-state index in [0.717, 1.165) is 15.4 Å². The fourth-order valence-corrected chi connectivity index (χ4v) is 6.32. The van der Waals surface area contributed by atoms with Crippen molar-refractivity contribution in [3.8, 4) is 5.75 Å². The first kappa shape index (κ1) is 32.2. The van der Waals surface area contributed by atoms with E-state index in [-0.39, 0.29) is 34.9 Å². The van der Waals surface area contributed by atoms with E-state index in [0.29, 0.717) is 6.54 Å². The molecule has 0 aliphatic rings. The zero-order valence-corrected chi connectivity index (χ0v) is 25.8. The number of benzene rings is 4. The number of anilines is 1. The van der Waals surface area contributed by atoms with Crippen LogP contribution < -0.4 is 14.4 Å². The topological polar surface area (TPSA) is 96.0 Å².